The lowest BCUT2D eigenvalue weighted by atomic mass is 9.98. The fourth-order valence-corrected chi connectivity index (χ4v) is 9.75. The number of carboxylic acids is 1. The number of piperidine rings is 1. The highest BCUT2D eigenvalue weighted by molar-refractivity contribution is 6.06. The van der Waals surface area contributed by atoms with Gasteiger partial charge < -0.3 is 28.9 Å². The minimum Gasteiger partial charge on any atom is -0.493 e. The third-order valence-electron chi connectivity index (χ3n) is 13.1. The molecular weight excluding hydrogens is 853 g/mol. The molecule has 3 aliphatic rings. The molecule has 0 bridgehead atoms. The number of aromatic carboxylic acids is 1. The maximum absolute atomic E-state index is 16.3. The van der Waals surface area contributed by atoms with Crippen molar-refractivity contribution in [3.05, 3.63) is 112 Å². The first-order valence-corrected chi connectivity index (χ1v) is 22.1. The molecule has 342 valence electrons. The molecule has 4 aromatic carbocycles. The molecule has 3 aliphatic heterocycles. The Morgan fingerprint density at radius 3 is 2.39 bits per heavy atom. The summed E-state index contributed by atoms with van der Waals surface area (Å²) in [7, 11) is 1.79. The van der Waals surface area contributed by atoms with Gasteiger partial charge in [0.1, 0.15) is 34.9 Å². The van der Waals surface area contributed by atoms with E-state index < -0.39 is 23.7 Å². The van der Waals surface area contributed by atoms with Gasteiger partial charge in [-0.1, -0.05) is 18.2 Å². The molecule has 1 unspecified atom stereocenters. The molecule has 0 saturated carbocycles. The number of fused-ring (bicyclic) bond motifs is 3. The number of nitrogens with one attached hydrogen (secondary N) is 1. The number of ether oxygens (including phenoxy) is 2. The molecule has 4 amide bonds. The number of piperazine rings is 1. The van der Waals surface area contributed by atoms with E-state index in [4.69, 9.17) is 9.47 Å². The Bertz CT molecular complexity index is 2950. The van der Waals surface area contributed by atoms with Gasteiger partial charge in [0, 0.05) is 91.5 Å². The maximum atomic E-state index is 16.3. The van der Waals surface area contributed by atoms with Crippen molar-refractivity contribution in [2.45, 2.75) is 58.7 Å². The number of aromatic nitrogens is 3. The summed E-state index contributed by atoms with van der Waals surface area (Å²) < 4.78 is 45.8. The Labute approximate surface area is 378 Å². The number of halogens is 2. The van der Waals surface area contributed by atoms with Crippen LogP contribution in [0, 0.1) is 25.5 Å². The van der Waals surface area contributed by atoms with Crippen LogP contribution >= 0.6 is 0 Å². The minimum absolute atomic E-state index is 0.0666. The summed E-state index contributed by atoms with van der Waals surface area (Å²) in [6.45, 7) is 6.18. The zero-order valence-electron chi connectivity index (χ0n) is 36.9. The van der Waals surface area contributed by atoms with Crippen LogP contribution in [0.5, 0.6) is 11.5 Å². The van der Waals surface area contributed by atoms with Gasteiger partial charge in [-0.2, -0.15) is 5.10 Å². The first kappa shape index (κ1) is 44.1. The van der Waals surface area contributed by atoms with E-state index >= 15 is 4.39 Å². The summed E-state index contributed by atoms with van der Waals surface area (Å²) in [6.07, 6.45) is 1.14. The first-order valence-electron chi connectivity index (χ1n) is 22.1. The van der Waals surface area contributed by atoms with Gasteiger partial charge in [-0.05, 0) is 92.6 Å². The van der Waals surface area contributed by atoms with Crippen LogP contribution < -0.4 is 14.8 Å². The Hall–Kier alpha value is -7.14. The van der Waals surface area contributed by atoms with Gasteiger partial charge in [0.25, 0.3) is 11.8 Å². The van der Waals surface area contributed by atoms with E-state index in [2.05, 4.69) is 15.3 Å². The lowest BCUT2D eigenvalue weighted by Crippen LogP contribution is -2.52. The normalized spacial score (nSPS) is 16.6. The van der Waals surface area contributed by atoms with E-state index in [1.807, 2.05) is 26.0 Å². The van der Waals surface area contributed by atoms with Crippen LogP contribution in [0.1, 0.15) is 62.6 Å². The average Bonchev–Trinajstić information content (AvgIpc) is 3.89. The number of carbonyl (C=O) groups excluding carboxylic acids is 4. The smallest absolute Gasteiger partial charge is 0.352 e. The van der Waals surface area contributed by atoms with Crippen molar-refractivity contribution in [1.29, 1.82) is 0 Å². The van der Waals surface area contributed by atoms with Gasteiger partial charge >= 0.3 is 5.97 Å². The van der Waals surface area contributed by atoms with E-state index in [9.17, 15) is 33.5 Å². The zero-order valence-corrected chi connectivity index (χ0v) is 36.9. The standard InChI is InChI=1S/C49H49F2N7O8/c1-28-43(29(2)54(3)53-28)44-37(51)15-14-34-33(9-6-24-65-39-10-4-7-30-25-31(50)12-13-32(30)39)46(49(63)64)57(45(34)44)23-20-55-18-21-56(22-19-55)42(60)27-66-40-11-5-8-35-36(40)26-58(48(35)62)38-16-17-41(59)52-47(38)61/h4-5,7-8,10-15,25,38H,6,9,16-24,26-27H2,1-3H3,(H,63,64)(H,52,59,61). The fourth-order valence-electron chi connectivity index (χ4n) is 9.75. The number of imide groups is 1. The molecule has 9 rings (SSSR count). The van der Waals surface area contributed by atoms with Crippen molar-refractivity contribution in [2.24, 2.45) is 7.05 Å². The van der Waals surface area contributed by atoms with Crippen molar-refractivity contribution in [2.75, 3.05) is 45.9 Å². The second-order valence-corrected chi connectivity index (χ2v) is 17.0. The average molecular weight is 902 g/mol. The number of carboxylic acid groups (broad SMARTS) is 1. The van der Waals surface area contributed by atoms with E-state index in [0.29, 0.717) is 101 Å². The second kappa shape index (κ2) is 18.0. The lowest BCUT2D eigenvalue weighted by molar-refractivity contribution is -0.137. The molecule has 2 saturated heterocycles. The van der Waals surface area contributed by atoms with E-state index in [1.54, 1.807) is 57.6 Å². The number of aryl methyl sites for hydroxylation is 3. The van der Waals surface area contributed by atoms with Crippen molar-refractivity contribution >= 4 is 51.3 Å². The highest BCUT2D eigenvalue weighted by atomic mass is 19.1. The number of rotatable bonds is 14. The summed E-state index contributed by atoms with van der Waals surface area (Å²) in [4.78, 5) is 69.6. The largest absolute Gasteiger partial charge is 0.493 e. The molecule has 2 aromatic heterocycles. The summed E-state index contributed by atoms with van der Waals surface area (Å²) >= 11 is 0. The minimum atomic E-state index is -1.14. The molecule has 66 heavy (non-hydrogen) atoms. The van der Waals surface area contributed by atoms with Gasteiger partial charge in [0.2, 0.25) is 11.8 Å². The number of hydrogen-bond donors (Lipinski definition) is 2. The first-order chi connectivity index (χ1) is 31.8. The van der Waals surface area contributed by atoms with Crippen LogP contribution in [-0.4, -0.2) is 116 Å². The molecule has 2 N–H and O–H groups in total. The summed E-state index contributed by atoms with van der Waals surface area (Å²) in [5, 5.41) is 19.8. The highest BCUT2D eigenvalue weighted by Gasteiger charge is 2.40. The van der Waals surface area contributed by atoms with Crippen LogP contribution in [0.15, 0.2) is 66.7 Å². The van der Waals surface area contributed by atoms with Gasteiger partial charge in [-0.15, -0.1) is 0 Å². The molecule has 0 spiro atoms. The van der Waals surface area contributed by atoms with E-state index in [1.165, 1.54) is 23.1 Å². The van der Waals surface area contributed by atoms with E-state index in [0.717, 1.165) is 11.1 Å². The molecule has 5 heterocycles. The summed E-state index contributed by atoms with van der Waals surface area (Å²) in [6, 6.07) is 17.2. The molecular formula is C49H49F2N7O8. The highest BCUT2D eigenvalue weighted by Crippen LogP contribution is 2.40. The number of amides is 4. The SMILES string of the molecule is Cc1nn(C)c(C)c1-c1c(F)ccc2c(CCCOc3cccc4cc(F)ccc34)c(C(=O)O)n(CCN3CCN(C(=O)COc4cccc5c4CN(C4CCC(=O)NC4=O)C5=O)CC3)c12. The van der Waals surface area contributed by atoms with Gasteiger partial charge in [0.15, 0.2) is 6.61 Å². The number of nitrogens with zero attached hydrogens (tertiary/aromatic N) is 6. The van der Waals surface area contributed by atoms with Crippen molar-refractivity contribution in [3.8, 4) is 22.6 Å². The molecule has 2 fully saturated rings. The number of carbonyl (C=O) groups is 5. The van der Waals surface area contributed by atoms with Gasteiger partial charge in [-0.25, -0.2) is 13.6 Å². The summed E-state index contributed by atoms with van der Waals surface area (Å²) in [5.41, 5.74) is 4.31. The Kier molecular flexibility index (Phi) is 12.0. The molecule has 17 heteroatoms. The summed E-state index contributed by atoms with van der Waals surface area (Å²) in [5.74, 6) is -2.48. The monoisotopic (exact) mass is 901 g/mol. The third kappa shape index (κ3) is 8.23. The van der Waals surface area contributed by atoms with Crippen LogP contribution in [0.4, 0.5) is 8.78 Å². The van der Waals surface area contributed by atoms with E-state index in [-0.39, 0.29) is 73.9 Å². The molecule has 0 aliphatic carbocycles. The topological polar surface area (TPSA) is 169 Å². The predicted molar refractivity (Wildman–Crippen MR) is 239 cm³/mol. The Balaban J connectivity index is 0.896. The molecule has 15 nitrogen and oxygen atoms in total. The molecule has 1 atom stereocenters. The van der Waals surface area contributed by atoms with Crippen molar-refractivity contribution in [1.82, 2.24) is 34.4 Å². The molecule has 0 radical (unpaired) electrons. The Morgan fingerprint density at radius 2 is 1.65 bits per heavy atom. The second-order valence-electron chi connectivity index (χ2n) is 17.0. The lowest BCUT2D eigenvalue weighted by Gasteiger charge is -2.35. The van der Waals surface area contributed by atoms with Crippen LogP contribution in [0.25, 0.3) is 32.8 Å². The van der Waals surface area contributed by atoms with Crippen LogP contribution in [-0.2, 0) is 40.9 Å². The third-order valence-corrected chi connectivity index (χ3v) is 13.1. The maximum Gasteiger partial charge on any atom is 0.352 e. The molecule has 6 aromatic rings. The van der Waals surface area contributed by atoms with Gasteiger partial charge in [0.05, 0.1) is 24.4 Å². The zero-order chi connectivity index (χ0) is 46.4. The number of hydrogen-bond acceptors (Lipinski definition) is 9. The van der Waals surface area contributed by atoms with Gasteiger partial charge in [-0.3, -0.25) is 34.1 Å². The quantitative estimate of drug-likeness (QED) is 0.101. The van der Waals surface area contributed by atoms with Crippen LogP contribution in [0.3, 0.4) is 0 Å². The van der Waals surface area contributed by atoms with Crippen molar-refractivity contribution < 1.29 is 47.3 Å². The predicted octanol–water partition coefficient (Wildman–Crippen LogP) is 5.78. The fraction of sp³-hybridized carbons (Fsp3) is 0.347. The number of benzene rings is 4. The van der Waals surface area contributed by atoms with Crippen LogP contribution in [0.2, 0.25) is 0 Å². The van der Waals surface area contributed by atoms with Crippen molar-refractivity contribution in [3.63, 3.8) is 0 Å². The Morgan fingerprint density at radius 1 is 0.894 bits per heavy atom.